The fourth-order valence-corrected chi connectivity index (χ4v) is 3.93. The molecule has 0 unspecified atom stereocenters. The van der Waals surface area contributed by atoms with Gasteiger partial charge in [0.05, 0.1) is 11.9 Å². The van der Waals surface area contributed by atoms with E-state index in [1.54, 1.807) is 12.5 Å². The maximum absolute atomic E-state index is 11.9. The Morgan fingerprint density at radius 3 is 3.00 bits per heavy atom. The number of halogens is 1. The average Bonchev–Trinajstić information content (AvgIpc) is 3.04. The number of aromatic nitrogens is 5. The number of H-pyrrole nitrogens is 1. The van der Waals surface area contributed by atoms with Crippen molar-refractivity contribution < 1.29 is 4.79 Å². The lowest BCUT2D eigenvalue weighted by atomic mass is 10.1. The fraction of sp³-hybridized carbons (Fsp3) is 0.176. The number of rotatable bonds is 4. The summed E-state index contributed by atoms with van der Waals surface area (Å²) in [5.41, 5.74) is 2.29. The van der Waals surface area contributed by atoms with Gasteiger partial charge in [-0.25, -0.2) is 14.8 Å². The maximum Gasteiger partial charge on any atom is 0.321 e. The van der Waals surface area contributed by atoms with E-state index < -0.39 is 0 Å². The van der Waals surface area contributed by atoms with Crippen molar-refractivity contribution in [2.45, 2.75) is 18.9 Å². The summed E-state index contributed by atoms with van der Waals surface area (Å²) in [5, 5.41) is 14.1. The summed E-state index contributed by atoms with van der Waals surface area (Å²) in [7, 11) is 0. The first-order valence-corrected chi connectivity index (χ1v) is 9.58. The molecule has 2 amide bonds. The Labute approximate surface area is 162 Å². The highest BCUT2D eigenvalue weighted by atomic mass is 35.5. The second kappa shape index (κ2) is 6.36. The Kier molecular flexibility index (Phi) is 3.83. The van der Waals surface area contributed by atoms with Gasteiger partial charge in [0.2, 0.25) is 0 Å². The van der Waals surface area contributed by atoms with Gasteiger partial charge in [-0.2, -0.15) is 5.10 Å². The van der Waals surface area contributed by atoms with Crippen molar-refractivity contribution in [3.05, 3.63) is 41.8 Å². The molecule has 5 rings (SSSR count). The Bertz CT molecular complexity index is 1140. The van der Waals surface area contributed by atoms with E-state index in [2.05, 4.69) is 30.8 Å². The van der Waals surface area contributed by atoms with Crippen LogP contribution >= 0.6 is 22.9 Å². The number of nitrogens with one attached hydrogen (secondary N) is 3. The third kappa shape index (κ3) is 3.04. The summed E-state index contributed by atoms with van der Waals surface area (Å²) in [6.07, 6.45) is 5.49. The fourth-order valence-electron chi connectivity index (χ4n) is 2.80. The largest absolute Gasteiger partial charge is 0.335 e. The van der Waals surface area contributed by atoms with Gasteiger partial charge in [0, 0.05) is 16.6 Å². The molecule has 1 aromatic carbocycles. The lowest BCUT2D eigenvalue weighted by Gasteiger charge is -2.06. The van der Waals surface area contributed by atoms with Crippen LogP contribution in [0.4, 0.5) is 9.93 Å². The Hall–Kier alpha value is -2.91. The minimum Gasteiger partial charge on any atom is -0.335 e. The number of aromatic amines is 1. The first-order chi connectivity index (χ1) is 13.2. The van der Waals surface area contributed by atoms with Gasteiger partial charge in [-0.05, 0) is 18.9 Å². The van der Waals surface area contributed by atoms with Crippen LogP contribution in [0.3, 0.4) is 0 Å². The third-order valence-electron chi connectivity index (χ3n) is 4.25. The molecule has 10 heteroatoms. The number of thiazole rings is 1. The predicted molar refractivity (Wildman–Crippen MR) is 105 cm³/mol. The summed E-state index contributed by atoms with van der Waals surface area (Å²) < 4.78 is 2.68. The van der Waals surface area contributed by atoms with Gasteiger partial charge >= 0.3 is 6.03 Å². The quantitative estimate of drug-likeness (QED) is 0.485. The number of hydrogen-bond donors (Lipinski definition) is 3. The normalized spacial score (nSPS) is 13.8. The van der Waals surface area contributed by atoms with E-state index in [9.17, 15) is 4.79 Å². The van der Waals surface area contributed by atoms with Crippen LogP contribution in [0.5, 0.6) is 0 Å². The van der Waals surface area contributed by atoms with Gasteiger partial charge in [-0.3, -0.25) is 15.0 Å². The van der Waals surface area contributed by atoms with Gasteiger partial charge in [-0.15, -0.1) is 0 Å². The number of carbonyl (C=O) groups excluding carboxylic acids is 1. The second-order valence-electron chi connectivity index (χ2n) is 6.25. The summed E-state index contributed by atoms with van der Waals surface area (Å²) >= 11 is 7.70. The molecule has 1 aliphatic carbocycles. The summed E-state index contributed by atoms with van der Waals surface area (Å²) in [6, 6.07) is 7.63. The van der Waals surface area contributed by atoms with Gasteiger partial charge in [-0.1, -0.05) is 41.1 Å². The van der Waals surface area contributed by atoms with Crippen molar-refractivity contribution in [3.63, 3.8) is 0 Å². The summed E-state index contributed by atoms with van der Waals surface area (Å²) in [5.74, 6) is 0.658. The van der Waals surface area contributed by atoms with Crippen molar-refractivity contribution in [2.75, 3.05) is 5.32 Å². The highest BCUT2D eigenvalue weighted by Gasteiger charge is 2.24. The maximum atomic E-state index is 11.9. The van der Waals surface area contributed by atoms with Crippen molar-refractivity contribution in [1.29, 1.82) is 0 Å². The van der Waals surface area contributed by atoms with E-state index in [4.69, 9.17) is 11.6 Å². The number of hydrogen-bond acceptors (Lipinski definition) is 5. The molecule has 27 heavy (non-hydrogen) atoms. The molecule has 0 saturated heterocycles. The van der Waals surface area contributed by atoms with Crippen molar-refractivity contribution in [1.82, 2.24) is 30.0 Å². The summed E-state index contributed by atoms with van der Waals surface area (Å²) in [4.78, 5) is 20.6. The number of imidazole rings is 1. The molecule has 0 spiro atoms. The molecule has 0 atom stereocenters. The highest BCUT2D eigenvalue weighted by Crippen LogP contribution is 2.34. The van der Waals surface area contributed by atoms with E-state index in [0.29, 0.717) is 21.6 Å². The van der Waals surface area contributed by atoms with Crippen LogP contribution in [-0.4, -0.2) is 36.8 Å². The lowest BCUT2D eigenvalue weighted by molar-refractivity contribution is 0.251. The number of carbonyl (C=O) groups is 1. The first kappa shape index (κ1) is 16.3. The minimum atomic E-state index is -0.234. The molecule has 136 valence electrons. The molecule has 3 aromatic heterocycles. The smallest absolute Gasteiger partial charge is 0.321 e. The van der Waals surface area contributed by atoms with Crippen LogP contribution in [0, 0.1) is 0 Å². The highest BCUT2D eigenvalue weighted by molar-refractivity contribution is 7.22. The second-order valence-corrected chi connectivity index (χ2v) is 7.65. The van der Waals surface area contributed by atoms with Crippen molar-refractivity contribution >= 4 is 44.4 Å². The topological polar surface area (TPSA) is 101 Å². The van der Waals surface area contributed by atoms with Crippen molar-refractivity contribution in [2.24, 2.45) is 0 Å². The number of urea groups is 1. The van der Waals surface area contributed by atoms with E-state index in [0.717, 1.165) is 28.8 Å². The van der Waals surface area contributed by atoms with Crippen LogP contribution in [0.25, 0.3) is 27.4 Å². The molecule has 1 saturated carbocycles. The standard InChI is InChI=1S/C17H14ClN7OS/c18-11-4-2-1-3-10(11)12-7-19-8-25(12)15-13-14(23-24-15)21-17(27-13)22-16(26)20-9-5-6-9/h1-4,7-9H,5-6H2,(H3,20,21,22,23,24,26). The number of anilines is 1. The molecular weight excluding hydrogens is 386 g/mol. The van der Waals surface area contributed by atoms with Crippen LogP contribution in [0.1, 0.15) is 12.8 Å². The number of amides is 2. The zero-order valence-corrected chi connectivity index (χ0v) is 15.5. The van der Waals surface area contributed by atoms with E-state index in [-0.39, 0.29) is 12.1 Å². The zero-order chi connectivity index (χ0) is 18.4. The molecule has 8 nitrogen and oxygen atoms in total. The molecule has 3 heterocycles. The number of fused-ring (bicyclic) bond motifs is 1. The molecule has 0 bridgehead atoms. The first-order valence-electron chi connectivity index (χ1n) is 8.39. The number of benzene rings is 1. The van der Waals surface area contributed by atoms with Crippen LogP contribution in [0.15, 0.2) is 36.8 Å². The van der Waals surface area contributed by atoms with Gasteiger partial charge in [0.1, 0.15) is 11.0 Å². The lowest BCUT2D eigenvalue weighted by Crippen LogP contribution is -2.30. The zero-order valence-electron chi connectivity index (χ0n) is 13.9. The third-order valence-corrected chi connectivity index (χ3v) is 5.54. The molecular formula is C17H14ClN7OS. The number of nitrogens with zero attached hydrogens (tertiary/aromatic N) is 4. The monoisotopic (exact) mass is 399 g/mol. The van der Waals surface area contributed by atoms with Gasteiger partial charge < -0.3 is 5.32 Å². The Morgan fingerprint density at radius 1 is 1.33 bits per heavy atom. The van der Waals surface area contributed by atoms with Crippen LogP contribution in [-0.2, 0) is 0 Å². The van der Waals surface area contributed by atoms with E-state index in [1.165, 1.54) is 11.3 Å². The summed E-state index contributed by atoms with van der Waals surface area (Å²) in [6.45, 7) is 0. The van der Waals surface area contributed by atoms with Gasteiger partial charge in [0.25, 0.3) is 0 Å². The molecule has 4 aromatic rings. The SMILES string of the molecule is O=C(Nc1nc2[nH]nc(-n3cncc3-c3ccccc3Cl)c2s1)NC1CC1. The van der Waals surface area contributed by atoms with Crippen LogP contribution in [0.2, 0.25) is 5.02 Å². The molecule has 1 fully saturated rings. The van der Waals surface area contributed by atoms with E-state index >= 15 is 0 Å². The molecule has 3 N–H and O–H groups in total. The predicted octanol–water partition coefficient (Wildman–Crippen LogP) is 3.81. The molecule has 0 aliphatic heterocycles. The molecule has 1 aliphatic rings. The average molecular weight is 400 g/mol. The van der Waals surface area contributed by atoms with Crippen LogP contribution < -0.4 is 10.6 Å². The molecule has 0 radical (unpaired) electrons. The Morgan fingerprint density at radius 2 is 2.19 bits per heavy atom. The van der Waals surface area contributed by atoms with Gasteiger partial charge in [0.15, 0.2) is 16.6 Å². The van der Waals surface area contributed by atoms with E-state index in [1.807, 2.05) is 28.8 Å². The minimum absolute atomic E-state index is 0.234. The Balaban J connectivity index is 1.50. The van der Waals surface area contributed by atoms with Crippen molar-refractivity contribution in [3.8, 4) is 17.1 Å².